The van der Waals surface area contributed by atoms with Crippen LogP contribution in [0.3, 0.4) is 0 Å². The lowest BCUT2D eigenvalue weighted by Crippen LogP contribution is -3.15. The number of quaternary nitrogens is 1. The third kappa shape index (κ3) is 3.77. The van der Waals surface area contributed by atoms with Crippen molar-refractivity contribution in [3.8, 4) is 0 Å². The quantitative estimate of drug-likeness (QED) is 0.497. The van der Waals surface area contributed by atoms with E-state index in [2.05, 4.69) is 12.2 Å². The summed E-state index contributed by atoms with van der Waals surface area (Å²) >= 11 is 0. The van der Waals surface area contributed by atoms with Gasteiger partial charge in [0.15, 0.2) is 0 Å². The second kappa shape index (κ2) is 8.00. The number of nitrogens with zero attached hydrogens (tertiary/aromatic N) is 2. The lowest BCUT2D eigenvalue weighted by atomic mass is 9.85. The van der Waals surface area contributed by atoms with Gasteiger partial charge in [-0.1, -0.05) is 42.5 Å². The number of piperazine rings is 1. The molecular weight excluding hydrogens is 414 g/mol. The Morgan fingerprint density at radius 2 is 1.58 bits per heavy atom. The first-order valence-corrected chi connectivity index (χ1v) is 12.5. The topological polar surface area (TPSA) is 79.2 Å². The average molecular weight is 443 g/mol. The maximum absolute atomic E-state index is 12.8. The molecule has 3 fully saturated rings. The highest BCUT2D eigenvalue weighted by molar-refractivity contribution is 7.92. The first-order chi connectivity index (χ1) is 14.9. The highest BCUT2D eigenvalue weighted by atomic mass is 32.2. The van der Waals surface area contributed by atoms with Gasteiger partial charge < -0.3 is 4.90 Å². The number of rotatable bonds is 6. The summed E-state index contributed by atoms with van der Waals surface area (Å²) in [5.41, 5.74) is 0.851. The predicted octanol–water partition coefficient (Wildman–Crippen LogP) is -0.00530. The molecule has 2 aliphatic heterocycles. The fourth-order valence-corrected chi connectivity index (χ4v) is 6.77. The van der Waals surface area contributed by atoms with Crippen LogP contribution in [0.2, 0.25) is 0 Å². The summed E-state index contributed by atoms with van der Waals surface area (Å²) in [5.74, 6) is 0.187. The predicted molar refractivity (Wildman–Crippen MR) is 116 cm³/mol. The van der Waals surface area contributed by atoms with Crippen molar-refractivity contribution >= 4 is 27.9 Å². The van der Waals surface area contributed by atoms with Crippen molar-refractivity contribution in [2.75, 3.05) is 39.3 Å². The lowest BCUT2D eigenvalue weighted by Gasteiger charge is -2.31. The minimum absolute atomic E-state index is 0.00138. The number of nitrogens with one attached hydrogen (secondary N) is 1. The Kier molecular flexibility index (Phi) is 5.32. The van der Waals surface area contributed by atoms with Gasteiger partial charge in [-0.15, -0.1) is 0 Å². The van der Waals surface area contributed by atoms with Gasteiger partial charge in [0.25, 0.3) is 0 Å². The molecule has 7 nitrogen and oxygen atoms in total. The zero-order valence-electron chi connectivity index (χ0n) is 17.4. The fourth-order valence-electron chi connectivity index (χ4n) is 5.58. The number of likely N-dealkylation sites (tertiary alicyclic amines) is 1. The zero-order valence-corrected chi connectivity index (χ0v) is 18.2. The summed E-state index contributed by atoms with van der Waals surface area (Å²) in [6.07, 6.45) is 6.79. The molecule has 164 valence electrons. The third-order valence-electron chi connectivity index (χ3n) is 7.27. The monoisotopic (exact) mass is 442 g/mol. The SMILES string of the molecule is O=C1[C@@H]2[C@H](C(=O)N1CC[NH+]1CCN(S(=O)(=O)/C=C/c3ccccc3)CC1)[C@@H]1C=C[C@@H]2C1. The van der Waals surface area contributed by atoms with Crippen LogP contribution in [0, 0.1) is 23.7 Å². The number of fused-ring (bicyclic) bond motifs is 5. The Bertz CT molecular complexity index is 998. The van der Waals surface area contributed by atoms with Crippen LogP contribution in [0.4, 0.5) is 0 Å². The molecule has 31 heavy (non-hydrogen) atoms. The molecule has 1 aromatic carbocycles. The van der Waals surface area contributed by atoms with Gasteiger partial charge in [-0.25, -0.2) is 8.42 Å². The maximum atomic E-state index is 12.8. The van der Waals surface area contributed by atoms with Gasteiger partial charge in [-0.3, -0.25) is 14.5 Å². The zero-order chi connectivity index (χ0) is 21.6. The van der Waals surface area contributed by atoms with Crippen molar-refractivity contribution in [1.29, 1.82) is 0 Å². The van der Waals surface area contributed by atoms with Crippen molar-refractivity contribution in [3.63, 3.8) is 0 Å². The van der Waals surface area contributed by atoms with Gasteiger partial charge in [0.05, 0.1) is 51.1 Å². The van der Waals surface area contributed by atoms with E-state index in [1.54, 1.807) is 6.08 Å². The van der Waals surface area contributed by atoms with Crippen molar-refractivity contribution < 1.29 is 22.9 Å². The molecule has 0 aromatic heterocycles. The van der Waals surface area contributed by atoms with Crippen LogP contribution < -0.4 is 4.90 Å². The number of benzene rings is 1. The number of hydrogen-bond donors (Lipinski definition) is 1. The molecule has 5 rings (SSSR count). The molecule has 4 atom stereocenters. The first-order valence-electron chi connectivity index (χ1n) is 11.0. The summed E-state index contributed by atoms with van der Waals surface area (Å²) in [6.45, 7) is 3.34. The third-order valence-corrected chi connectivity index (χ3v) is 8.84. The van der Waals surface area contributed by atoms with Crippen molar-refractivity contribution in [1.82, 2.24) is 9.21 Å². The van der Waals surface area contributed by atoms with Crippen LogP contribution in [-0.4, -0.2) is 68.7 Å². The molecule has 2 heterocycles. The standard InChI is InChI=1S/C23H27N3O4S/c27-22-20-18-6-7-19(16-18)21(20)23(28)26(22)14-11-24-9-12-25(13-10-24)31(29,30)15-8-17-4-2-1-3-5-17/h1-8,15,18-21H,9-14,16H2/p+1/b15-8+/t18-,19-,20-,21+/m1/s1. The molecule has 1 aromatic rings. The Morgan fingerprint density at radius 1 is 0.968 bits per heavy atom. The van der Waals surface area contributed by atoms with Crippen LogP contribution >= 0.6 is 0 Å². The molecule has 8 heteroatoms. The number of carbonyl (C=O) groups excluding carboxylic acids is 2. The second-order valence-electron chi connectivity index (χ2n) is 8.99. The smallest absolute Gasteiger partial charge is 0.236 e. The number of amides is 2. The van der Waals surface area contributed by atoms with E-state index < -0.39 is 10.0 Å². The molecule has 2 amide bonds. The molecule has 4 aliphatic rings. The van der Waals surface area contributed by atoms with Crippen LogP contribution in [0.25, 0.3) is 6.08 Å². The number of hydrogen-bond acceptors (Lipinski definition) is 4. The van der Waals surface area contributed by atoms with Gasteiger partial charge >= 0.3 is 0 Å². The van der Waals surface area contributed by atoms with Gasteiger partial charge in [-0.2, -0.15) is 4.31 Å². The van der Waals surface area contributed by atoms with E-state index in [0.717, 1.165) is 12.0 Å². The minimum atomic E-state index is -3.45. The summed E-state index contributed by atoms with van der Waals surface area (Å²) in [7, 11) is -3.45. The van der Waals surface area contributed by atoms with E-state index >= 15 is 0 Å². The number of allylic oxidation sites excluding steroid dienone is 2. The fraction of sp³-hybridized carbons (Fsp3) is 0.478. The Morgan fingerprint density at radius 3 is 2.19 bits per heavy atom. The van der Waals surface area contributed by atoms with Crippen LogP contribution in [0.15, 0.2) is 47.9 Å². The molecule has 1 N–H and O–H groups in total. The number of carbonyl (C=O) groups is 2. The Hall–Kier alpha value is -2.29. The van der Waals surface area contributed by atoms with Crippen LogP contribution in [0.5, 0.6) is 0 Å². The van der Waals surface area contributed by atoms with E-state index in [4.69, 9.17) is 0 Å². The first kappa shape index (κ1) is 20.6. The van der Waals surface area contributed by atoms with E-state index in [1.165, 1.54) is 19.5 Å². The molecular formula is C23H28N3O4S+. The van der Waals surface area contributed by atoms with E-state index in [0.29, 0.717) is 39.3 Å². The van der Waals surface area contributed by atoms with Crippen LogP contribution in [-0.2, 0) is 19.6 Å². The Labute approximate surface area is 183 Å². The average Bonchev–Trinajstić information content (AvgIpc) is 3.46. The number of sulfonamides is 1. The maximum Gasteiger partial charge on any atom is 0.236 e. The molecule has 0 radical (unpaired) electrons. The van der Waals surface area contributed by atoms with Crippen molar-refractivity contribution in [2.24, 2.45) is 23.7 Å². The van der Waals surface area contributed by atoms with Gasteiger partial charge in [0.2, 0.25) is 21.8 Å². The minimum Gasteiger partial charge on any atom is -0.331 e. The summed E-state index contributed by atoms with van der Waals surface area (Å²) in [4.78, 5) is 28.3. The highest BCUT2D eigenvalue weighted by Crippen LogP contribution is 2.52. The van der Waals surface area contributed by atoms with E-state index in [1.807, 2.05) is 30.3 Å². The number of imide groups is 1. The van der Waals surface area contributed by atoms with Crippen molar-refractivity contribution in [2.45, 2.75) is 6.42 Å². The summed E-state index contributed by atoms with van der Waals surface area (Å²) < 4.78 is 26.8. The van der Waals surface area contributed by atoms with Crippen molar-refractivity contribution in [3.05, 3.63) is 53.5 Å². The van der Waals surface area contributed by atoms with Gasteiger partial charge in [-0.05, 0) is 29.9 Å². The Balaban J connectivity index is 1.13. The van der Waals surface area contributed by atoms with E-state index in [-0.39, 0.29) is 35.5 Å². The molecule has 2 saturated heterocycles. The molecule has 1 saturated carbocycles. The van der Waals surface area contributed by atoms with E-state index in [9.17, 15) is 18.0 Å². The van der Waals surface area contributed by atoms with Gasteiger partial charge in [0.1, 0.15) is 0 Å². The summed E-state index contributed by atoms with van der Waals surface area (Å²) in [5, 5.41) is 1.27. The molecule has 2 bridgehead atoms. The normalized spacial score (nSPS) is 31.3. The molecule has 0 unspecified atom stereocenters. The summed E-state index contributed by atoms with van der Waals surface area (Å²) in [6, 6.07) is 9.37. The molecule has 0 spiro atoms. The largest absolute Gasteiger partial charge is 0.331 e. The highest BCUT2D eigenvalue weighted by Gasteiger charge is 2.59. The van der Waals surface area contributed by atoms with Gasteiger partial charge in [0, 0.05) is 5.41 Å². The second-order valence-corrected chi connectivity index (χ2v) is 10.8. The molecule has 2 aliphatic carbocycles. The lowest BCUT2D eigenvalue weighted by molar-refractivity contribution is -0.902. The van der Waals surface area contributed by atoms with Crippen LogP contribution in [0.1, 0.15) is 12.0 Å².